The summed E-state index contributed by atoms with van der Waals surface area (Å²) in [6, 6.07) is 0. The van der Waals surface area contributed by atoms with E-state index in [1.165, 1.54) is 56.9 Å². The maximum Gasteiger partial charge on any atom is 0.315 e. The number of nitrogens with two attached hydrogens (primary N) is 1. The molecule has 0 aromatic rings. The molecule has 4 rings (SSSR count). The Balaban J connectivity index is 1.33. The molecule has 0 aromatic heterocycles. The van der Waals surface area contributed by atoms with Gasteiger partial charge in [0, 0.05) is 12.3 Å². The summed E-state index contributed by atoms with van der Waals surface area (Å²) in [7, 11) is 0. The molecule has 5 atom stereocenters. The molecule has 3 fully saturated rings. The lowest BCUT2D eigenvalue weighted by atomic mass is 9.55. The Kier molecular flexibility index (Phi) is 5.27. The van der Waals surface area contributed by atoms with E-state index < -0.39 is 0 Å². The number of ether oxygens (including phenoxy) is 1. The summed E-state index contributed by atoms with van der Waals surface area (Å²) >= 11 is 0. The molecule has 0 unspecified atom stereocenters. The number of fused-ring (bicyclic) bond motifs is 2. The summed E-state index contributed by atoms with van der Waals surface area (Å²) < 4.78 is 5.87. The monoisotopic (exact) mass is 358 g/mol. The fourth-order valence-corrected chi connectivity index (χ4v) is 6.24. The Hall–Kier alpha value is -1.09. The van der Waals surface area contributed by atoms with Gasteiger partial charge in [0.25, 0.3) is 0 Å². The van der Waals surface area contributed by atoms with E-state index in [1.807, 2.05) is 0 Å². The number of hydrogen-bond acceptors (Lipinski definition) is 2. The highest BCUT2D eigenvalue weighted by Crippen LogP contribution is 2.56. The van der Waals surface area contributed by atoms with E-state index in [1.54, 1.807) is 5.57 Å². The molecule has 1 heterocycles. The van der Waals surface area contributed by atoms with Gasteiger partial charge in [-0.2, -0.15) is 0 Å². The lowest BCUT2D eigenvalue weighted by Crippen LogP contribution is -2.86. The molecule has 0 spiro atoms. The van der Waals surface area contributed by atoms with E-state index in [0.29, 0.717) is 17.3 Å². The summed E-state index contributed by atoms with van der Waals surface area (Å²) in [4.78, 5) is 12.6. The van der Waals surface area contributed by atoms with E-state index >= 15 is 0 Å². The molecule has 3 aliphatic carbocycles. The van der Waals surface area contributed by atoms with Gasteiger partial charge >= 0.3 is 5.97 Å². The largest absolute Gasteiger partial charge is 0.462 e. The van der Waals surface area contributed by atoms with E-state index in [-0.39, 0.29) is 18.0 Å². The minimum absolute atomic E-state index is 0.0704. The van der Waals surface area contributed by atoms with Crippen molar-refractivity contribution in [2.75, 3.05) is 13.1 Å². The van der Waals surface area contributed by atoms with Gasteiger partial charge in [-0.3, -0.25) is 4.79 Å². The van der Waals surface area contributed by atoms with Gasteiger partial charge < -0.3 is 10.1 Å². The van der Waals surface area contributed by atoms with Crippen LogP contribution in [-0.4, -0.2) is 25.2 Å². The van der Waals surface area contributed by atoms with Gasteiger partial charge in [0.05, 0.1) is 13.1 Å². The quantitative estimate of drug-likeness (QED) is 0.462. The van der Waals surface area contributed by atoms with Crippen molar-refractivity contribution >= 4 is 5.97 Å². The highest BCUT2D eigenvalue weighted by Gasteiger charge is 2.55. The summed E-state index contributed by atoms with van der Waals surface area (Å²) in [5, 5.41) is 2.37. The second-order valence-corrected chi connectivity index (χ2v) is 9.58. The van der Waals surface area contributed by atoms with Gasteiger partial charge in [-0.15, -0.1) is 0 Å². The Morgan fingerprint density at radius 3 is 3.00 bits per heavy atom. The lowest BCUT2D eigenvalue weighted by Gasteiger charge is -2.49. The summed E-state index contributed by atoms with van der Waals surface area (Å²) in [6.45, 7) is 8.81. The number of quaternary nitrogens is 1. The average molecular weight is 359 g/mol. The van der Waals surface area contributed by atoms with E-state index in [9.17, 15) is 4.79 Å². The topological polar surface area (TPSA) is 42.9 Å². The van der Waals surface area contributed by atoms with E-state index in [2.05, 4.69) is 24.9 Å². The number of allylic oxidation sites excluding steroid dienone is 2. The number of esters is 1. The normalized spacial score (nSPS) is 39.8. The molecule has 1 aliphatic heterocycles. The fourth-order valence-electron chi connectivity index (χ4n) is 6.24. The molecular formula is C23H36NO2+. The number of hydrogen-bond donors (Lipinski definition) is 1. The van der Waals surface area contributed by atoms with Crippen LogP contribution in [0.2, 0.25) is 0 Å². The first kappa shape index (κ1) is 18.3. The van der Waals surface area contributed by atoms with E-state index in [4.69, 9.17) is 4.74 Å². The third-order valence-electron chi connectivity index (χ3n) is 7.80. The van der Waals surface area contributed by atoms with Crippen LogP contribution in [-0.2, 0) is 9.53 Å². The van der Waals surface area contributed by atoms with Crippen LogP contribution in [0.5, 0.6) is 0 Å². The Morgan fingerprint density at radius 2 is 2.19 bits per heavy atom. The third-order valence-corrected chi connectivity index (χ3v) is 7.80. The molecular weight excluding hydrogens is 322 g/mol. The molecule has 4 aliphatic rings. The van der Waals surface area contributed by atoms with Gasteiger partial charge in [0.2, 0.25) is 0 Å². The number of rotatable bonds is 5. The maximum absolute atomic E-state index is 12.6. The average Bonchev–Trinajstić information content (AvgIpc) is 2.92. The number of carbonyl (C=O) groups excluding carboxylic acids is 1. The molecule has 2 N–H and O–H groups in total. The van der Waals surface area contributed by atoms with Crippen LogP contribution in [0.1, 0.15) is 71.1 Å². The highest BCUT2D eigenvalue weighted by atomic mass is 16.6. The minimum Gasteiger partial charge on any atom is -0.462 e. The van der Waals surface area contributed by atoms with Crippen molar-refractivity contribution in [2.45, 2.75) is 77.2 Å². The summed E-state index contributed by atoms with van der Waals surface area (Å²) in [5.41, 5.74) is 3.37. The molecule has 3 heteroatoms. The highest BCUT2D eigenvalue weighted by molar-refractivity contribution is 5.75. The van der Waals surface area contributed by atoms with Crippen LogP contribution >= 0.6 is 0 Å². The fraction of sp³-hybridized carbons (Fsp3) is 0.783. The SMILES string of the molecule is C=C1CCC[C@]2(C)C[C@H]3OC(=O)[C@@H](C[NH2+]CCC4=CCCCC4)[C@H]3C[C@@H]12. The van der Waals surface area contributed by atoms with Crippen LogP contribution in [0.25, 0.3) is 0 Å². The Bertz CT molecular complexity index is 595. The van der Waals surface area contributed by atoms with Crippen molar-refractivity contribution in [1.29, 1.82) is 0 Å². The standard InChI is InChI=1S/C23H35NO2/c1-16-7-6-11-23(2)14-21-18(13-20(16)23)19(22(25)26-21)15-24-12-10-17-8-4-3-5-9-17/h8,18-21,24H,1,3-7,9-15H2,2H3/p+1/t18-,19+,20+,21-,23-/m1/s1. The van der Waals surface area contributed by atoms with Crippen molar-refractivity contribution < 1.29 is 14.8 Å². The van der Waals surface area contributed by atoms with Gasteiger partial charge in [-0.25, -0.2) is 0 Å². The molecule has 0 radical (unpaired) electrons. The van der Waals surface area contributed by atoms with Crippen molar-refractivity contribution in [2.24, 2.45) is 23.2 Å². The summed E-state index contributed by atoms with van der Waals surface area (Å²) in [5.74, 6) is 1.18. The van der Waals surface area contributed by atoms with Gasteiger partial charge in [-0.1, -0.05) is 30.7 Å². The smallest absolute Gasteiger partial charge is 0.315 e. The van der Waals surface area contributed by atoms with Crippen LogP contribution in [0.4, 0.5) is 0 Å². The first-order chi connectivity index (χ1) is 12.6. The Morgan fingerprint density at radius 1 is 1.31 bits per heavy atom. The van der Waals surface area contributed by atoms with Crippen LogP contribution in [0.15, 0.2) is 23.8 Å². The first-order valence-corrected chi connectivity index (χ1v) is 10.9. The van der Waals surface area contributed by atoms with Gasteiger partial charge in [0.15, 0.2) is 0 Å². The second kappa shape index (κ2) is 7.50. The zero-order valence-electron chi connectivity index (χ0n) is 16.5. The lowest BCUT2D eigenvalue weighted by molar-refractivity contribution is -0.658. The summed E-state index contributed by atoms with van der Waals surface area (Å²) in [6.07, 6.45) is 14.9. The van der Waals surface area contributed by atoms with E-state index in [0.717, 1.165) is 25.9 Å². The molecule has 0 aromatic carbocycles. The van der Waals surface area contributed by atoms with Crippen molar-refractivity contribution in [3.8, 4) is 0 Å². The zero-order chi connectivity index (χ0) is 18.1. The second-order valence-electron chi connectivity index (χ2n) is 9.58. The van der Waals surface area contributed by atoms with Crippen LogP contribution in [0, 0.1) is 23.2 Å². The molecule has 26 heavy (non-hydrogen) atoms. The maximum atomic E-state index is 12.6. The third kappa shape index (κ3) is 3.52. The van der Waals surface area contributed by atoms with Gasteiger partial charge in [-0.05, 0) is 69.1 Å². The molecule has 1 saturated heterocycles. The minimum atomic E-state index is 0.0704. The van der Waals surface area contributed by atoms with Crippen LogP contribution in [0.3, 0.4) is 0 Å². The molecule has 144 valence electrons. The molecule has 0 amide bonds. The zero-order valence-corrected chi connectivity index (χ0v) is 16.5. The predicted molar refractivity (Wildman–Crippen MR) is 104 cm³/mol. The van der Waals surface area contributed by atoms with Gasteiger partial charge in [0.1, 0.15) is 12.0 Å². The van der Waals surface area contributed by atoms with Crippen molar-refractivity contribution in [1.82, 2.24) is 0 Å². The molecule has 2 saturated carbocycles. The number of carbonyl (C=O) groups is 1. The molecule has 3 nitrogen and oxygen atoms in total. The van der Waals surface area contributed by atoms with Crippen LogP contribution < -0.4 is 5.32 Å². The first-order valence-electron chi connectivity index (χ1n) is 10.9. The van der Waals surface area contributed by atoms with Crippen molar-refractivity contribution in [3.05, 3.63) is 23.8 Å². The van der Waals surface area contributed by atoms with Crippen molar-refractivity contribution in [3.63, 3.8) is 0 Å². The molecule has 0 bridgehead atoms. The Labute approximate surface area is 158 Å². The predicted octanol–water partition coefficient (Wildman–Crippen LogP) is 3.75.